The smallest absolute Gasteiger partial charge is 0.194 e. The highest BCUT2D eigenvalue weighted by Crippen LogP contribution is 2.23. The molecule has 0 aromatic heterocycles. The van der Waals surface area contributed by atoms with Crippen LogP contribution >= 0.6 is 0 Å². The van der Waals surface area contributed by atoms with E-state index in [-0.39, 0.29) is 0 Å². The van der Waals surface area contributed by atoms with Crippen LogP contribution in [-0.2, 0) is 20.8 Å². The topological polar surface area (TPSA) is 58.6 Å². The van der Waals surface area contributed by atoms with E-state index in [1.54, 1.807) is 0 Å². The molecule has 1 atom stereocenters. The first kappa shape index (κ1) is 23.3. The zero-order valence-corrected chi connectivity index (χ0v) is 19.6. The number of hydrogen-bond donors (Lipinski definition) is 1. The monoisotopic (exact) mass is 444 g/mol. The number of morpholine rings is 1. The van der Waals surface area contributed by atoms with Crippen LogP contribution in [0.15, 0.2) is 29.3 Å². The number of piperidine rings is 1. The number of nitrogens with zero attached hydrogens (tertiary/aromatic N) is 3. The van der Waals surface area contributed by atoms with E-state index in [4.69, 9.17) is 19.2 Å². The van der Waals surface area contributed by atoms with E-state index in [1.807, 2.05) is 0 Å². The molecule has 178 valence electrons. The van der Waals surface area contributed by atoms with Crippen molar-refractivity contribution in [3.05, 3.63) is 29.8 Å². The van der Waals surface area contributed by atoms with E-state index in [9.17, 15) is 0 Å². The first-order valence-corrected chi connectivity index (χ1v) is 12.5. The van der Waals surface area contributed by atoms with Crippen molar-refractivity contribution in [1.82, 2.24) is 10.2 Å². The molecule has 3 aliphatic rings. The lowest BCUT2D eigenvalue weighted by Gasteiger charge is -2.35. The molecule has 1 N–H and O–H groups in total. The predicted molar refractivity (Wildman–Crippen MR) is 128 cm³/mol. The highest BCUT2D eigenvalue weighted by atomic mass is 16.5. The molecule has 1 aromatic rings. The van der Waals surface area contributed by atoms with Gasteiger partial charge in [0.05, 0.1) is 38.6 Å². The summed E-state index contributed by atoms with van der Waals surface area (Å²) in [5, 5.41) is 3.50. The van der Waals surface area contributed by atoms with E-state index < -0.39 is 0 Å². The number of ether oxygens (including phenoxy) is 3. The molecule has 4 rings (SSSR count). The molecule has 7 nitrogen and oxygen atoms in total. The molecule has 0 radical (unpaired) electrons. The number of benzene rings is 1. The Morgan fingerprint density at radius 1 is 1.06 bits per heavy atom. The molecule has 0 spiro atoms. The minimum atomic E-state index is 0.298. The molecular formula is C25H40N4O3. The van der Waals surface area contributed by atoms with Crippen molar-refractivity contribution in [2.75, 3.05) is 64.1 Å². The van der Waals surface area contributed by atoms with Crippen LogP contribution in [0, 0.1) is 0 Å². The highest BCUT2D eigenvalue weighted by molar-refractivity contribution is 5.80. The first-order valence-electron chi connectivity index (χ1n) is 12.5. The summed E-state index contributed by atoms with van der Waals surface area (Å²) in [5.41, 5.74) is 2.56. The Hall–Kier alpha value is -1.83. The predicted octanol–water partition coefficient (Wildman–Crippen LogP) is 3.04. The molecule has 1 unspecified atom stereocenters. The van der Waals surface area contributed by atoms with Crippen LogP contribution in [0.5, 0.6) is 0 Å². The number of para-hydroxylation sites is 1. The summed E-state index contributed by atoms with van der Waals surface area (Å²) >= 11 is 0. The molecule has 3 aliphatic heterocycles. The SMILES string of the molecule is CCNC(=NCc1ccccc1N1CCOCC1)N1CCC(OCC2CCCCO2)CC1. The van der Waals surface area contributed by atoms with E-state index in [0.29, 0.717) is 18.8 Å². The molecule has 32 heavy (non-hydrogen) atoms. The van der Waals surface area contributed by atoms with Gasteiger partial charge in [-0.15, -0.1) is 0 Å². The van der Waals surface area contributed by atoms with Gasteiger partial charge >= 0.3 is 0 Å². The van der Waals surface area contributed by atoms with Crippen LogP contribution in [0.4, 0.5) is 5.69 Å². The molecule has 1 aromatic carbocycles. The Kier molecular flexibility index (Phi) is 9.06. The molecule has 3 fully saturated rings. The zero-order valence-electron chi connectivity index (χ0n) is 19.6. The Balaban J connectivity index is 1.31. The van der Waals surface area contributed by atoms with Gasteiger partial charge in [0.15, 0.2) is 5.96 Å². The second-order valence-corrected chi connectivity index (χ2v) is 8.91. The van der Waals surface area contributed by atoms with Crippen molar-refractivity contribution < 1.29 is 14.2 Å². The molecule has 0 bridgehead atoms. The summed E-state index contributed by atoms with van der Waals surface area (Å²) in [6.07, 6.45) is 6.32. The second kappa shape index (κ2) is 12.4. The highest BCUT2D eigenvalue weighted by Gasteiger charge is 2.24. The van der Waals surface area contributed by atoms with Crippen LogP contribution in [0.1, 0.15) is 44.6 Å². The lowest BCUT2D eigenvalue weighted by atomic mass is 10.1. The Morgan fingerprint density at radius 3 is 2.62 bits per heavy atom. The lowest BCUT2D eigenvalue weighted by molar-refractivity contribution is -0.0721. The quantitative estimate of drug-likeness (QED) is 0.515. The van der Waals surface area contributed by atoms with Crippen molar-refractivity contribution >= 4 is 11.6 Å². The van der Waals surface area contributed by atoms with Crippen molar-refractivity contribution in [2.24, 2.45) is 4.99 Å². The minimum Gasteiger partial charge on any atom is -0.378 e. The zero-order chi connectivity index (χ0) is 22.0. The van der Waals surface area contributed by atoms with Gasteiger partial charge in [-0.2, -0.15) is 0 Å². The summed E-state index contributed by atoms with van der Waals surface area (Å²) in [4.78, 5) is 9.82. The van der Waals surface area contributed by atoms with E-state index in [0.717, 1.165) is 84.4 Å². The largest absolute Gasteiger partial charge is 0.378 e. The van der Waals surface area contributed by atoms with Gasteiger partial charge in [-0.1, -0.05) is 18.2 Å². The molecular weight excluding hydrogens is 404 g/mol. The number of nitrogens with one attached hydrogen (secondary N) is 1. The van der Waals surface area contributed by atoms with Gasteiger partial charge < -0.3 is 29.3 Å². The second-order valence-electron chi connectivity index (χ2n) is 8.91. The van der Waals surface area contributed by atoms with E-state index in [1.165, 1.54) is 24.1 Å². The maximum atomic E-state index is 6.19. The average molecular weight is 445 g/mol. The molecule has 3 heterocycles. The number of likely N-dealkylation sites (tertiary alicyclic amines) is 1. The van der Waals surface area contributed by atoms with Crippen LogP contribution in [0.2, 0.25) is 0 Å². The molecule has 0 saturated carbocycles. The minimum absolute atomic E-state index is 0.298. The lowest BCUT2D eigenvalue weighted by Crippen LogP contribution is -2.47. The average Bonchev–Trinajstić information content (AvgIpc) is 2.87. The van der Waals surface area contributed by atoms with Gasteiger partial charge in [0.25, 0.3) is 0 Å². The van der Waals surface area contributed by atoms with Crippen LogP contribution in [-0.4, -0.2) is 82.2 Å². The maximum absolute atomic E-state index is 6.19. The standard InChI is InChI=1S/C25H40N4O3/c1-2-26-25(27-19-21-7-3-4-9-24(21)28-14-17-30-18-15-28)29-12-10-22(11-13-29)32-20-23-8-5-6-16-31-23/h3-4,7,9,22-23H,2,5-6,8,10-20H2,1H3,(H,26,27). The molecule has 0 aliphatic carbocycles. The van der Waals surface area contributed by atoms with Crippen molar-refractivity contribution in [3.63, 3.8) is 0 Å². The third-order valence-electron chi connectivity index (χ3n) is 6.61. The van der Waals surface area contributed by atoms with Crippen LogP contribution in [0.3, 0.4) is 0 Å². The van der Waals surface area contributed by atoms with E-state index in [2.05, 4.69) is 46.3 Å². The third-order valence-corrected chi connectivity index (χ3v) is 6.61. The Morgan fingerprint density at radius 2 is 1.88 bits per heavy atom. The van der Waals surface area contributed by atoms with Crippen molar-refractivity contribution in [1.29, 1.82) is 0 Å². The normalized spacial score (nSPS) is 23.4. The number of aliphatic imine (C=N–C) groups is 1. The molecule has 0 amide bonds. The fraction of sp³-hybridized carbons (Fsp3) is 0.720. The van der Waals surface area contributed by atoms with Gasteiger partial charge in [0.2, 0.25) is 0 Å². The summed E-state index contributed by atoms with van der Waals surface area (Å²) in [6, 6.07) is 8.64. The fourth-order valence-corrected chi connectivity index (χ4v) is 4.76. The number of guanidine groups is 1. The van der Waals surface area contributed by atoms with Crippen molar-refractivity contribution in [2.45, 2.75) is 57.8 Å². The number of rotatable bonds is 7. The Labute approximate surface area is 193 Å². The van der Waals surface area contributed by atoms with Gasteiger partial charge in [0.1, 0.15) is 0 Å². The number of anilines is 1. The first-order chi connectivity index (χ1) is 15.8. The van der Waals surface area contributed by atoms with Crippen molar-refractivity contribution in [3.8, 4) is 0 Å². The summed E-state index contributed by atoms with van der Waals surface area (Å²) < 4.78 is 17.5. The molecule has 7 heteroatoms. The maximum Gasteiger partial charge on any atom is 0.194 e. The summed E-state index contributed by atoms with van der Waals surface area (Å²) in [6.45, 7) is 10.8. The van der Waals surface area contributed by atoms with Gasteiger partial charge in [0, 0.05) is 45.0 Å². The van der Waals surface area contributed by atoms with E-state index >= 15 is 0 Å². The van der Waals surface area contributed by atoms with Gasteiger partial charge in [-0.3, -0.25) is 0 Å². The summed E-state index contributed by atoms with van der Waals surface area (Å²) in [5.74, 6) is 1.01. The molecule has 3 saturated heterocycles. The van der Waals surface area contributed by atoms with Gasteiger partial charge in [-0.25, -0.2) is 4.99 Å². The Bertz CT molecular complexity index is 709. The third kappa shape index (κ3) is 6.59. The summed E-state index contributed by atoms with van der Waals surface area (Å²) in [7, 11) is 0. The van der Waals surface area contributed by atoms with Crippen LogP contribution in [0.25, 0.3) is 0 Å². The van der Waals surface area contributed by atoms with Crippen LogP contribution < -0.4 is 10.2 Å². The number of hydrogen-bond acceptors (Lipinski definition) is 5. The van der Waals surface area contributed by atoms with Gasteiger partial charge in [-0.05, 0) is 50.7 Å². The fourth-order valence-electron chi connectivity index (χ4n) is 4.76.